The van der Waals surface area contributed by atoms with Crippen LogP contribution in [0.5, 0.6) is 11.5 Å². The van der Waals surface area contributed by atoms with Crippen LogP contribution in [-0.4, -0.2) is 25.7 Å². The summed E-state index contributed by atoms with van der Waals surface area (Å²) in [6, 6.07) is 14.5. The summed E-state index contributed by atoms with van der Waals surface area (Å²) >= 11 is 11.9. The number of nitrogens with zero attached hydrogens (tertiary/aromatic N) is 1. The average molecular weight is 393 g/mol. The van der Waals surface area contributed by atoms with Crippen LogP contribution in [0.2, 0.25) is 10.0 Å². The van der Waals surface area contributed by atoms with Crippen LogP contribution in [0.25, 0.3) is 0 Å². The van der Waals surface area contributed by atoms with Gasteiger partial charge in [-0.25, -0.2) is 0 Å². The number of benzene rings is 2. The van der Waals surface area contributed by atoms with E-state index in [1.54, 1.807) is 18.2 Å². The molecule has 1 N–H and O–H groups in total. The predicted molar refractivity (Wildman–Crippen MR) is 101 cm³/mol. The highest BCUT2D eigenvalue weighted by atomic mass is 35.5. The van der Waals surface area contributed by atoms with Gasteiger partial charge in [0, 0.05) is 11.6 Å². The maximum atomic E-state index is 11.2. The lowest BCUT2D eigenvalue weighted by atomic mass is 10.1. The molecule has 2 aromatic rings. The zero-order valence-corrected chi connectivity index (χ0v) is 15.5. The molecule has 7 heteroatoms. The molecule has 0 aromatic heterocycles. The number of halogens is 2. The smallest absolute Gasteiger partial charge is 0.234 e. The molecule has 0 radical (unpaired) electrons. The van der Waals surface area contributed by atoms with Crippen molar-refractivity contribution in [3.8, 4) is 17.6 Å². The second-order valence-corrected chi connectivity index (χ2v) is 6.19. The van der Waals surface area contributed by atoms with Crippen molar-refractivity contribution >= 4 is 29.1 Å². The minimum atomic E-state index is -0.256. The van der Waals surface area contributed by atoms with Gasteiger partial charge in [-0.05, 0) is 42.3 Å². The summed E-state index contributed by atoms with van der Waals surface area (Å²) < 4.78 is 11.2. The molecule has 5 nitrogen and oxygen atoms in total. The average Bonchev–Trinajstić information content (AvgIpc) is 2.62. The molecule has 136 valence electrons. The van der Waals surface area contributed by atoms with Crippen molar-refractivity contribution in [1.82, 2.24) is 5.32 Å². The van der Waals surface area contributed by atoms with Gasteiger partial charge in [-0.15, -0.1) is 0 Å². The van der Waals surface area contributed by atoms with Crippen molar-refractivity contribution in [2.75, 3.05) is 19.8 Å². The Morgan fingerprint density at radius 1 is 1.08 bits per heavy atom. The molecule has 0 aliphatic rings. The lowest BCUT2D eigenvalue weighted by molar-refractivity contribution is -0.120. The van der Waals surface area contributed by atoms with E-state index in [0.29, 0.717) is 42.0 Å². The summed E-state index contributed by atoms with van der Waals surface area (Å²) in [5.74, 6) is 1.04. The highest BCUT2D eigenvalue weighted by molar-refractivity contribution is 6.35. The number of hydrogen-bond acceptors (Lipinski definition) is 4. The quantitative estimate of drug-likeness (QED) is 0.654. The van der Waals surface area contributed by atoms with E-state index in [4.69, 9.17) is 37.9 Å². The van der Waals surface area contributed by atoms with Crippen molar-refractivity contribution < 1.29 is 14.3 Å². The third-order valence-corrected chi connectivity index (χ3v) is 3.93. The van der Waals surface area contributed by atoms with Gasteiger partial charge in [-0.1, -0.05) is 35.3 Å². The molecule has 2 rings (SSSR count). The Hall–Kier alpha value is -2.42. The van der Waals surface area contributed by atoms with Gasteiger partial charge in [0.25, 0.3) is 0 Å². The summed E-state index contributed by atoms with van der Waals surface area (Å²) in [5, 5.41) is 12.1. The molecule has 0 heterocycles. The fourth-order valence-electron chi connectivity index (χ4n) is 2.14. The van der Waals surface area contributed by atoms with Gasteiger partial charge in [0.2, 0.25) is 5.91 Å². The molecule has 0 atom stereocenters. The zero-order valence-electron chi connectivity index (χ0n) is 14.0. The fraction of sp³-hybridized carbons (Fsp3) is 0.263. The number of carbonyl (C=O) groups excluding carboxylic acids is 1. The van der Waals surface area contributed by atoms with Crippen LogP contribution in [0, 0.1) is 11.3 Å². The van der Waals surface area contributed by atoms with Gasteiger partial charge in [0.05, 0.1) is 11.1 Å². The summed E-state index contributed by atoms with van der Waals surface area (Å²) in [7, 11) is 0. The van der Waals surface area contributed by atoms with E-state index >= 15 is 0 Å². The normalized spacial score (nSPS) is 10.0. The first kappa shape index (κ1) is 19.9. The van der Waals surface area contributed by atoms with Gasteiger partial charge in [-0.3, -0.25) is 4.79 Å². The molecule has 0 bridgehead atoms. The molecule has 1 amide bonds. The van der Waals surface area contributed by atoms with Gasteiger partial charge < -0.3 is 14.8 Å². The van der Waals surface area contributed by atoms with Crippen molar-refractivity contribution in [3.63, 3.8) is 0 Å². The van der Waals surface area contributed by atoms with E-state index in [0.717, 1.165) is 11.3 Å². The monoisotopic (exact) mass is 392 g/mol. The third kappa shape index (κ3) is 6.83. The van der Waals surface area contributed by atoms with Crippen LogP contribution in [-0.2, 0) is 11.2 Å². The first-order chi connectivity index (χ1) is 12.6. The van der Waals surface area contributed by atoms with Crippen molar-refractivity contribution in [3.05, 3.63) is 58.1 Å². The third-order valence-electron chi connectivity index (χ3n) is 3.40. The first-order valence-electron chi connectivity index (χ1n) is 8.01. The van der Waals surface area contributed by atoms with E-state index in [1.807, 2.05) is 30.3 Å². The Morgan fingerprint density at radius 3 is 2.50 bits per heavy atom. The highest BCUT2D eigenvalue weighted by Crippen LogP contribution is 2.27. The highest BCUT2D eigenvalue weighted by Gasteiger charge is 2.03. The van der Waals surface area contributed by atoms with Gasteiger partial charge >= 0.3 is 0 Å². The van der Waals surface area contributed by atoms with Crippen molar-refractivity contribution in [2.45, 2.75) is 12.8 Å². The van der Waals surface area contributed by atoms with E-state index in [2.05, 4.69) is 5.32 Å². The second kappa shape index (κ2) is 10.5. The molecule has 0 saturated carbocycles. The largest absolute Gasteiger partial charge is 0.490 e. The van der Waals surface area contributed by atoms with Crippen LogP contribution in [0.1, 0.15) is 12.0 Å². The number of carbonyl (C=O) groups is 1. The number of ether oxygens (including phenoxy) is 2. The van der Waals surface area contributed by atoms with Crippen LogP contribution in [0.4, 0.5) is 0 Å². The summed E-state index contributed by atoms with van der Waals surface area (Å²) in [6.07, 6.45) is 0.575. The SMILES string of the molecule is N#CCC(=O)NCCc1ccc(OCCOc2ccc(Cl)cc2Cl)cc1. The molecule has 0 fully saturated rings. The second-order valence-electron chi connectivity index (χ2n) is 5.35. The number of nitrogens with one attached hydrogen (secondary N) is 1. The maximum absolute atomic E-state index is 11.2. The predicted octanol–water partition coefficient (Wildman–Crippen LogP) is 4.02. The maximum Gasteiger partial charge on any atom is 0.234 e. The zero-order chi connectivity index (χ0) is 18.8. The number of nitriles is 1. The molecule has 0 unspecified atom stereocenters. The van der Waals surface area contributed by atoms with Gasteiger partial charge in [-0.2, -0.15) is 5.26 Å². The van der Waals surface area contributed by atoms with Gasteiger partial charge in [0.1, 0.15) is 31.1 Å². The number of hydrogen-bond donors (Lipinski definition) is 1. The van der Waals surface area contributed by atoms with E-state index < -0.39 is 0 Å². The van der Waals surface area contributed by atoms with E-state index in [9.17, 15) is 4.79 Å². The first-order valence-corrected chi connectivity index (χ1v) is 8.77. The molecular formula is C19H18Cl2N2O3. The molecule has 0 aliphatic carbocycles. The lowest BCUT2D eigenvalue weighted by Gasteiger charge is -2.10. The minimum Gasteiger partial charge on any atom is -0.490 e. The molecule has 0 aliphatic heterocycles. The summed E-state index contributed by atoms with van der Waals surface area (Å²) in [4.78, 5) is 11.2. The summed E-state index contributed by atoms with van der Waals surface area (Å²) in [5.41, 5.74) is 1.07. The van der Waals surface area contributed by atoms with E-state index in [1.165, 1.54) is 0 Å². The molecular weight excluding hydrogens is 375 g/mol. The molecule has 2 aromatic carbocycles. The Balaban J connectivity index is 1.69. The summed E-state index contributed by atoms with van der Waals surface area (Å²) in [6.45, 7) is 1.23. The van der Waals surface area contributed by atoms with Crippen LogP contribution in [0.15, 0.2) is 42.5 Å². The van der Waals surface area contributed by atoms with Crippen LogP contribution in [0.3, 0.4) is 0 Å². The Bertz CT molecular complexity index is 773. The standard InChI is InChI=1S/C19H18Cl2N2O3/c20-15-3-6-18(17(21)13-15)26-12-11-25-16-4-1-14(2-5-16)8-10-23-19(24)7-9-22/h1-6,13H,7-8,10-12H2,(H,23,24). The molecule has 0 saturated heterocycles. The van der Waals surface area contributed by atoms with Crippen LogP contribution >= 0.6 is 23.2 Å². The fourth-order valence-corrected chi connectivity index (χ4v) is 2.60. The lowest BCUT2D eigenvalue weighted by Crippen LogP contribution is -2.24. The topological polar surface area (TPSA) is 71.4 Å². The Morgan fingerprint density at radius 2 is 1.81 bits per heavy atom. The van der Waals surface area contributed by atoms with Crippen molar-refractivity contribution in [2.24, 2.45) is 0 Å². The number of rotatable bonds is 9. The van der Waals surface area contributed by atoms with Gasteiger partial charge in [0.15, 0.2) is 0 Å². The van der Waals surface area contributed by atoms with Crippen LogP contribution < -0.4 is 14.8 Å². The number of amides is 1. The van der Waals surface area contributed by atoms with Crippen molar-refractivity contribution in [1.29, 1.82) is 5.26 Å². The molecule has 0 spiro atoms. The minimum absolute atomic E-state index is 0.115. The Kier molecular flexibility index (Phi) is 8.07. The Labute approximate surface area is 162 Å². The van der Waals surface area contributed by atoms with E-state index in [-0.39, 0.29) is 12.3 Å². The molecule has 26 heavy (non-hydrogen) atoms.